The molecule has 1 aromatic carbocycles. The van der Waals surface area contributed by atoms with Crippen molar-refractivity contribution >= 4 is 15.9 Å². The molecule has 2 rings (SSSR count). The summed E-state index contributed by atoms with van der Waals surface area (Å²) in [5, 5.41) is 2.75. The van der Waals surface area contributed by atoms with Crippen LogP contribution in [-0.4, -0.2) is 50.7 Å². The smallest absolute Gasteiger partial charge is 0.237 e. The standard InChI is InChI=1S/C16H24FN3O3S/c1-12(16(21)18-11-13-5-3-4-6-15(13)17)20-9-7-14(8-10-20)19-24(2,22)23/h3-6,12,14,19H,7-11H2,1-2H3,(H,18,21). The number of benzene rings is 1. The fourth-order valence-electron chi connectivity index (χ4n) is 2.84. The van der Waals surface area contributed by atoms with Gasteiger partial charge in [0, 0.05) is 31.2 Å². The molecule has 1 atom stereocenters. The minimum Gasteiger partial charge on any atom is -0.351 e. The number of nitrogens with zero attached hydrogens (tertiary/aromatic N) is 1. The number of nitrogens with one attached hydrogen (secondary N) is 2. The van der Waals surface area contributed by atoms with E-state index in [9.17, 15) is 17.6 Å². The predicted octanol–water partition coefficient (Wildman–Crippen LogP) is 0.844. The van der Waals surface area contributed by atoms with Gasteiger partial charge in [0.2, 0.25) is 15.9 Å². The Morgan fingerprint density at radius 1 is 1.33 bits per heavy atom. The van der Waals surface area contributed by atoms with Crippen molar-refractivity contribution in [1.82, 2.24) is 14.9 Å². The Hall–Kier alpha value is -1.51. The summed E-state index contributed by atoms with van der Waals surface area (Å²) >= 11 is 0. The predicted molar refractivity (Wildman–Crippen MR) is 90.3 cm³/mol. The molecule has 1 heterocycles. The zero-order chi connectivity index (χ0) is 17.7. The highest BCUT2D eigenvalue weighted by Crippen LogP contribution is 2.14. The van der Waals surface area contributed by atoms with Crippen LogP contribution in [0.4, 0.5) is 4.39 Å². The second kappa shape index (κ2) is 8.04. The van der Waals surface area contributed by atoms with Crippen molar-refractivity contribution in [2.24, 2.45) is 0 Å². The lowest BCUT2D eigenvalue weighted by atomic mass is 10.0. The molecule has 1 aliphatic rings. The Kier molecular flexibility index (Phi) is 6.31. The number of sulfonamides is 1. The molecular weight excluding hydrogens is 333 g/mol. The average molecular weight is 357 g/mol. The van der Waals surface area contributed by atoms with Gasteiger partial charge in [0.25, 0.3) is 0 Å². The van der Waals surface area contributed by atoms with Crippen molar-refractivity contribution in [3.05, 3.63) is 35.6 Å². The van der Waals surface area contributed by atoms with Gasteiger partial charge in [-0.25, -0.2) is 17.5 Å². The quantitative estimate of drug-likeness (QED) is 0.791. The summed E-state index contributed by atoms with van der Waals surface area (Å²) in [7, 11) is -3.20. The Bertz CT molecular complexity index is 673. The minimum absolute atomic E-state index is 0.0788. The average Bonchev–Trinajstić information content (AvgIpc) is 2.52. The summed E-state index contributed by atoms with van der Waals surface area (Å²) in [5.41, 5.74) is 0.453. The van der Waals surface area contributed by atoms with Crippen LogP contribution in [0, 0.1) is 5.82 Å². The summed E-state index contributed by atoms with van der Waals surface area (Å²) in [6, 6.07) is 5.93. The normalized spacial score (nSPS) is 18.3. The molecule has 0 aliphatic carbocycles. The van der Waals surface area contributed by atoms with Gasteiger partial charge >= 0.3 is 0 Å². The number of likely N-dealkylation sites (tertiary alicyclic amines) is 1. The van der Waals surface area contributed by atoms with Crippen LogP contribution < -0.4 is 10.0 Å². The van der Waals surface area contributed by atoms with Crippen LogP contribution in [0.15, 0.2) is 24.3 Å². The van der Waals surface area contributed by atoms with Gasteiger partial charge in [-0.05, 0) is 25.8 Å². The first-order valence-corrected chi connectivity index (χ1v) is 9.88. The summed E-state index contributed by atoms with van der Waals surface area (Å²) in [6.45, 7) is 3.24. The van der Waals surface area contributed by atoms with Crippen molar-refractivity contribution < 1.29 is 17.6 Å². The van der Waals surface area contributed by atoms with Crippen LogP contribution in [0.3, 0.4) is 0 Å². The van der Waals surface area contributed by atoms with E-state index < -0.39 is 10.0 Å². The maximum atomic E-state index is 13.6. The number of piperidine rings is 1. The summed E-state index contributed by atoms with van der Waals surface area (Å²) in [5.74, 6) is -0.495. The molecule has 134 valence electrons. The summed E-state index contributed by atoms with van der Waals surface area (Å²) < 4.78 is 38.7. The zero-order valence-electron chi connectivity index (χ0n) is 14.0. The third-order valence-corrected chi connectivity index (χ3v) is 5.01. The molecule has 0 radical (unpaired) electrons. The van der Waals surface area contributed by atoms with Gasteiger partial charge < -0.3 is 5.32 Å². The van der Waals surface area contributed by atoms with Crippen LogP contribution in [-0.2, 0) is 21.4 Å². The van der Waals surface area contributed by atoms with E-state index in [-0.39, 0.29) is 30.4 Å². The van der Waals surface area contributed by atoms with Crippen molar-refractivity contribution in [3.63, 3.8) is 0 Å². The molecule has 0 bridgehead atoms. The molecule has 0 aromatic heterocycles. The van der Waals surface area contributed by atoms with Crippen molar-refractivity contribution in [1.29, 1.82) is 0 Å². The molecule has 1 aliphatic heterocycles. The number of carbonyl (C=O) groups is 1. The van der Waals surface area contributed by atoms with Gasteiger partial charge in [0.05, 0.1) is 12.3 Å². The topological polar surface area (TPSA) is 78.5 Å². The first kappa shape index (κ1) is 18.8. The Balaban J connectivity index is 1.81. The summed E-state index contributed by atoms with van der Waals surface area (Å²) in [6.07, 6.45) is 2.48. The van der Waals surface area contributed by atoms with Gasteiger partial charge in [0.15, 0.2) is 0 Å². The van der Waals surface area contributed by atoms with Crippen molar-refractivity contribution in [3.8, 4) is 0 Å². The van der Waals surface area contributed by atoms with E-state index in [0.717, 1.165) is 6.26 Å². The first-order valence-electron chi connectivity index (χ1n) is 7.99. The van der Waals surface area contributed by atoms with Gasteiger partial charge in [0.1, 0.15) is 5.82 Å². The second-order valence-corrected chi connectivity index (χ2v) is 7.97. The van der Waals surface area contributed by atoms with E-state index in [0.29, 0.717) is 31.5 Å². The van der Waals surface area contributed by atoms with Gasteiger partial charge in [-0.1, -0.05) is 18.2 Å². The molecule has 6 nitrogen and oxygen atoms in total. The van der Waals surface area contributed by atoms with Gasteiger partial charge in [-0.15, -0.1) is 0 Å². The van der Waals surface area contributed by atoms with E-state index in [1.54, 1.807) is 25.1 Å². The highest BCUT2D eigenvalue weighted by molar-refractivity contribution is 7.88. The number of amides is 1. The Labute approximate surface area is 142 Å². The van der Waals surface area contributed by atoms with Crippen molar-refractivity contribution in [2.45, 2.75) is 38.4 Å². The Morgan fingerprint density at radius 2 is 1.96 bits per heavy atom. The molecule has 1 amide bonds. The lowest BCUT2D eigenvalue weighted by molar-refractivity contribution is -0.126. The molecule has 1 fully saturated rings. The van der Waals surface area contributed by atoms with E-state index >= 15 is 0 Å². The van der Waals surface area contributed by atoms with Crippen LogP contribution in [0.2, 0.25) is 0 Å². The number of hydrogen-bond acceptors (Lipinski definition) is 4. The fraction of sp³-hybridized carbons (Fsp3) is 0.562. The number of carbonyl (C=O) groups excluding carboxylic acids is 1. The third-order valence-electron chi connectivity index (χ3n) is 4.25. The molecular formula is C16H24FN3O3S. The van der Waals surface area contributed by atoms with Crippen LogP contribution in [0.25, 0.3) is 0 Å². The van der Waals surface area contributed by atoms with Crippen LogP contribution in [0.5, 0.6) is 0 Å². The zero-order valence-corrected chi connectivity index (χ0v) is 14.8. The highest BCUT2D eigenvalue weighted by Gasteiger charge is 2.27. The van der Waals surface area contributed by atoms with E-state index in [1.165, 1.54) is 6.07 Å². The lowest BCUT2D eigenvalue weighted by Crippen LogP contribution is -2.51. The SMILES string of the molecule is CC(C(=O)NCc1ccccc1F)N1CCC(NS(C)(=O)=O)CC1. The monoisotopic (exact) mass is 357 g/mol. The molecule has 1 unspecified atom stereocenters. The van der Waals surface area contributed by atoms with Gasteiger partial charge in [-0.2, -0.15) is 0 Å². The second-order valence-electron chi connectivity index (χ2n) is 6.19. The highest BCUT2D eigenvalue weighted by atomic mass is 32.2. The van der Waals surface area contributed by atoms with Gasteiger partial charge in [-0.3, -0.25) is 9.69 Å². The van der Waals surface area contributed by atoms with Crippen LogP contribution in [0.1, 0.15) is 25.3 Å². The maximum absolute atomic E-state index is 13.6. The molecule has 8 heteroatoms. The summed E-state index contributed by atoms with van der Waals surface area (Å²) in [4.78, 5) is 14.3. The van der Waals surface area contributed by atoms with E-state index in [4.69, 9.17) is 0 Å². The Morgan fingerprint density at radius 3 is 2.54 bits per heavy atom. The maximum Gasteiger partial charge on any atom is 0.237 e. The van der Waals surface area contributed by atoms with E-state index in [2.05, 4.69) is 10.0 Å². The molecule has 0 spiro atoms. The van der Waals surface area contributed by atoms with E-state index in [1.807, 2.05) is 4.90 Å². The van der Waals surface area contributed by atoms with Crippen molar-refractivity contribution in [2.75, 3.05) is 19.3 Å². The molecule has 24 heavy (non-hydrogen) atoms. The molecule has 1 aromatic rings. The fourth-order valence-corrected chi connectivity index (χ4v) is 3.69. The van der Waals surface area contributed by atoms with Crippen LogP contribution >= 0.6 is 0 Å². The first-order chi connectivity index (χ1) is 11.3. The molecule has 2 N–H and O–H groups in total. The minimum atomic E-state index is -3.20. The number of halogens is 1. The third kappa shape index (κ3) is 5.54. The number of hydrogen-bond donors (Lipinski definition) is 2. The molecule has 0 saturated carbocycles. The lowest BCUT2D eigenvalue weighted by Gasteiger charge is -2.35. The number of rotatable bonds is 6. The largest absolute Gasteiger partial charge is 0.351 e. The molecule has 1 saturated heterocycles.